The lowest BCUT2D eigenvalue weighted by Gasteiger charge is -2.11. The van der Waals surface area contributed by atoms with Crippen LogP contribution in [0.1, 0.15) is 26.4 Å². The van der Waals surface area contributed by atoms with Crippen molar-refractivity contribution in [2.45, 2.75) is 20.8 Å². The Bertz CT molecular complexity index is 656. The monoisotopic (exact) mass is 302 g/mol. The number of benzene rings is 1. The van der Waals surface area contributed by atoms with Crippen molar-refractivity contribution >= 4 is 28.8 Å². The molecule has 2 aromatic rings. The van der Waals surface area contributed by atoms with Crippen LogP contribution in [0.5, 0.6) is 0 Å². The van der Waals surface area contributed by atoms with Crippen molar-refractivity contribution < 1.29 is 9.59 Å². The lowest BCUT2D eigenvalue weighted by molar-refractivity contribution is -0.115. The van der Waals surface area contributed by atoms with E-state index in [4.69, 9.17) is 0 Å². The van der Waals surface area contributed by atoms with Crippen molar-refractivity contribution in [3.05, 3.63) is 51.2 Å². The second-order valence-corrected chi connectivity index (χ2v) is 5.85. The first-order valence-corrected chi connectivity index (χ1v) is 7.55. The third-order valence-corrected chi connectivity index (χ3v) is 4.24. The molecule has 0 atom stereocenters. The van der Waals surface area contributed by atoms with E-state index in [0.29, 0.717) is 4.88 Å². The number of para-hydroxylation sites is 1. The number of rotatable bonds is 4. The van der Waals surface area contributed by atoms with E-state index in [1.807, 2.05) is 50.4 Å². The highest BCUT2D eigenvalue weighted by Gasteiger charge is 2.12. The van der Waals surface area contributed by atoms with E-state index in [1.54, 1.807) is 0 Å². The summed E-state index contributed by atoms with van der Waals surface area (Å²) in [6, 6.07) is 7.71. The van der Waals surface area contributed by atoms with E-state index >= 15 is 0 Å². The minimum Gasteiger partial charge on any atom is -0.342 e. The highest BCUT2D eigenvalue weighted by molar-refractivity contribution is 7.12. The fraction of sp³-hybridized carbons (Fsp3) is 0.250. The summed E-state index contributed by atoms with van der Waals surface area (Å²) < 4.78 is 0. The maximum atomic E-state index is 12.0. The second kappa shape index (κ2) is 6.54. The van der Waals surface area contributed by atoms with Crippen molar-refractivity contribution in [1.82, 2.24) is 5.32 Å². The quantitative estimate of drug-likeness (QED) is 0.912. The molecule has 0 bridgehead atoms. The molecule has 4 nitrogen and oxygen atoms in total. The van der Waals surface area contributed by atoms with E-state index < -0.39 is 0 Å². The van der Waals surface area contributed by atoms with Gasteiger partial charge in [0.05, 0.1) is 11.4 Å². The molecule has 0 aliphatic rings. The summed E-state index contributed by atoms with van der Waals surface area (Å²) in [5.74, 6) is -0.436. The van der Waals surface area contributed by atoms with E-state index in [1.165, 1.54) is 11.3 Å². The van der Waals surface area contributed by atoms with Gasteiger partial charge in [0.15, 0.2) is 0 Å². The molecule has 0 aliphatic heterocycles. The molecule has 0 saturated heterocycles. The van der Waals surface area contributed by atoms with Crippen molar-refractivity contribution in [1.29, 1.82) is 0 Å². The SMILES string of the molecule is Cc1ccsc1C(=O)NCC(=O)Nc1c(C)cccc1C. The lowest BCUT2D eigenvalue weighted by atomic mass is 10.1. The van der Waals surface area contributed by atoms with Crippen molar-refractivity contribution in [3.63, 3.8) is 0 Å². The zero-order valence-electron chi connectivity index (χ0n) is 12.3. The van der Waals surface area contributed by atoms with Crippen LogP contribution in [0.2, 0.25) is 0 Å². The first-order chi connectivity index (χ1) is 9.99. The number of thiophene rings is 1. The fourth-order valence-electron chi connectivity index (χ4n) is 2.04. The Labute approximate surface area is 128 Å². The number of hydrogen-bond donors (Lipinski definition) is 2. The Morgan fingerprint density at radius 1 is 1.05 bits per heavy atom. The number of carbonyl (C=O) groups is 2. The van der Waals surface area contributed by atoms with Gasteiger partial charge in [-0.25, -0.2) is 0 Å². The molecular weight excluding hydrogens is 284 g/mol. The zero-order chi connectivity index (χ0) is 15.4. The molecule has 0 spiro atoms. The van der Waals surface area contributed by atoms with Gasteiger partial charge >= 0.3 is 0 Å². The normalized spacial score (nSPS) is 10.2. The number of carbonyl (C=O) groups excluding carboxylic acids is 2. The van der Waals surface area contributed by atoms with Crippen molar-refractivity contribution in [3.8, 4) is 0 Å². The van der Waals surface area contributed by atoms with E-state index in [9.17, 15) is 9.59 Å². The maximum absolute atomic E-state index is 12.0. The van der Waals surface area contributed by atoms with Gasteiger partial charge < -0.3 is 10.6 Å². The zero-order valence-corrected chi connectivity index (χ0v) is 13.1. The van der Waals surface area contributed by atoms with E-state index in [2.05, 4.69) is 10.6 Å². The third-order valence-electron chi connectivity index (χ3n) is 3.22. The van der Waals surface area contributed by atoms with Gasteiger partial charge in [0.2, 0.25) is 5.91 Å². The topological polar surface area (TPSA) is 58.2 Å². The summed E-state index contributed by atoms with van der Waals surface area (Å²) in [4.78, 5) is 24.5. The maximum Gasteiger partial charge on any atom is 0.262 e. The van der Waals surface area contributed by atoms with Crippen LogP contribution in [0.15, 0.2) is 29.6 Å². The average Bonchev–Trinajstić information content (AvgIpc) is 2.87. The van der Waals surface area contributed by atoms with Crippen LogP contribution >= 0.6 is 11.3 Å². The van der Waals surface area contributed by atoms with Crippen LogP contribution in [-0.2, 0) is 4.79 Å². The van der Waals surface area contributed by atoms with Crippen LogP contribution in [0.3, 0.4) is 0 Å². The Hall–Kier alpha value is -2.14. The second-order valence-electron chi connectivity index (χ2n) is 4.93. The van der Waals surface area contributed by atoms with Gasteiger partial charge in [-0.3, -0.25) is 9.59 Å². The molecule has 2 rings (SSSR count). The Morgan fingerprint density at radius 3 is 2.29 bits per heavy atom. The number of anilines is 1. The molecule has 0 aliphatic carbocycles. The predicted molar refractivity (Wildman–Crippen MR) is 85.9 cm³/mol. The lowest BCUT2D eigenvalue weighted by Crippen LogP contribution is -2.33. The van der Waals surface area contributed by atoms with Gasteiger partial charge in [0, 0.05) is 5.69 Å². The first-order valence-electron chi connectivity index (χ1n) is 6.67. The molecule has 110 valence electrons. The van der Waals surface area contributed by atoms with Gasteiger partial charge in [0.1, 0.15) is 0 Å². The van der Waals surface area contributed by atoms with Crippen molar-refractivity contribution in [2.24, 2.45) is 0 Å². The summed E-state index contributed by atoms with van der Waals surface area (Å²) >= 11 is 1.37. The molecule has 2 amide bonds. The number of nitrogens with one attached hydrogen (secondary N) is 2. The van der Waals surface area contributed by atoms with Gasteiger partial charge in [-0.05, 0) is 48.9 Å². The molecular formula is C16H18N2O2S. The molecule has 1 aromatic heterocycles. The number of aryl methyl sites for hydroxylation is 3. The summed E-state index contributed by atoms with van der Waals surface area (Å²) in [6.45, 7) is 5.72. The molecule has 1 aromatic carbocycles. The minimum atomic E-state index is -0.227. The van der Waals surface area contributed by atoms with Crippen molar-refractivity contribution in [2.75, 3.05) is 11.9 Å². The van der Waals surface area contributed by atoms with E-state index in [-0.39, 0.29) is 18.4 Å². The van der Waals surface area contributed by atoms with Gasteiger partial charge in [-0.15, -0.1) is 11.3 Å². The Balaban J connectivity index is 1.94. The smallest absolute Gasteiger partial charge is 0.262 e. The molecule has 1 heterocycles. The largest absolute Gasteiger partial charge is 0.342 e. The van der Waals surface area contributed by atoms with Crippen LogP contribution in [0.4, 0.5) is 5.69 Å². The molecule has 0 fully saturated rings. The molecule has 2 N–H and O–H groups in total. The third kappa shape index (κ3) is 3.70. The Morgan fingerprint density at radius 2 is 1.71 bits per heavy atom. The number of amides is 2. The molecule has 0 saturated carbocycles. The van der Waals surface area contributed by atoms with Crippen LogP contribution in [-0.4, -0.2) is 18.4 Å². The van der Waals surface area contributed by atoms with Crippen LogP contribution in [0, 0.1) is 20.8 Å². The summed E-state index contributed by atoms with van der Waals surface area (Å²) in [7, 11) is 0. The minimum absolute atomic E-state index is 0.0378. The summed E-state index contributed by atoms with van der Waals surface area (Å²) in [5, 5.41) is 7.35. The molecule has 5 heteroatoms. The van der Waals surface area contributed by atoms with Crippen LogP contribution < -0.4 is 10.6 Å². The fourth-order valence-corrected chi connectivity index (χ4v) is 2.88. The van der Waals surface area contributed by atoms with Gasteiger partial charge in [-0.2, -0.15) is 0 Å². The van der Waals surface area contributed by atoms with E-state index in [0.717, 1.165) is 22.4 Å². The highest BCUT2D eigenvalue weighted by atomic mass is 32.1. The summed E-state index contributed by atoms with van der Waals surface area (Å²) in [6.07, 6.45) is 0. The molecule has 0 radical (unpaired) electrons. The average molecular weight is 302 g/mol. The highest BCUT2D eigenvalue weighted by Crippen LogP contribution is 2.19. The van der Waals surface area contributed by atoms with Gasteiger partial charge in [0.25, 0.3) is 5.91 Å². The predicted octanol–water partition coefficient (Wildman–Crippen LogP) is 3.04. The van der Waals surface area contributed by atoms with Gasteiger partial charge in [-0.1, -0.05) is 18.2 Å². The molecule has 21 heavy (non-hydrogen) atoms. The first kappa shape index (κ1) is 15.3. The summed E-state index contributed by atoms with van der Waals surface area (Å²) in [5.41, 5.74) is 3.74. The Kier molecular flexibility index (Phi) is 4.75. The standard InChI is InChI=1S/C16H18N2O2S/c1-10-5-4-6-11(2)14(10)18-13(19)9-17-16(20)15-12(3)7-8-21-15/h4-8H,9H2,1-3H3,(H,17,20)(H,18,19). The number of hydrogen-bond acceptors (Lipinski definition) is 3. The molecule has 0 unspecified atom stereocenters. The van der Waals surface area contributed by atoms with Crippen LogP contribution in [0.25, 0.3) is 0 Å².